The van der Waals surface area contributed by atoms with E-state index < -0.39 is 5.91 Å². The normalized spacial score (nSPS) is 16.4. The molecule has 4 heteroatoms. The third-order valence-electron chi connectivity index (χ3n) is 5.75. The number of anilines is 2. The van der Waals surface area contributed by atoms with Crippen molar-refractivity contribution in [2.75, 3.05) is 17.3 Å². The number of para-hydroxylation sites is 1. The summed E-state index contributed by atoms with van der Waals surface area (Å²) >= 11 is 0. The maximum absolute atomic E-state index is 12.8. The molecule has 30 heavy (non-hydrogen) atoms. The molecule has 1 N–H and O–H groups in total. The predicted octanol–water partition coefficient (Wildman–Crippen LogP) is 5.54. The van der Waals surface area contributed by atoms with Crippen LogP contribution in [0.3, 0.4) is 0 Å². The summed E-state index contributed by atoms with van der Waals surface area (Å²) in [6, 6.07) is 23.9. The second-order valence-electron chi connectivity index (χ2n) is 7.93. The van der Waals surface area contributed by atoms with Crippen molar-refractivity contribution in [1.82, 2.24) is 0 Å². The first-order valence-electron chi connectivity index (χ1n) is 9.88. The van der Waals surface area contributed by atoms with Crippen LogP contribution in [0.1, 0.15) is 19.4 Å². The largest absolute Gasteiger partial charge is 0.347 e. The third-order valence-corrected chi connectivity index (χ3v) is 5.75. The van der Waals surface area contributed by atoms with Crippen LogP contribution in [-0.4, -0.2) is 13.0 Å². The molecule has 1 heterocycles. The Kier molecular flexibility index (Phi) is 4.89. The average molecular weight is 393 g/mol. The van der Waals surface area contributed by atoms with E-state index in [2.05, 4.69) is 36.2 Å². The van der Waals surface area contributed by atoms with Gasteiger partial charge in [0.15, 0.2) is 0 Å². The summed E-state index contributed by atoms with van der Waals surface area (Å²) in [5.41, 5.74) is 3.95. The fourth-order valence-electron chi connectivity index (χ4n) is 4.15. The summed E-state index contributed by atoms with van der Waals surface area (Å²) in [5.74, 6) is -0.415. The minimum absolute atomic E-state index is 0.0654. The molecule has 0 aliphatic carbocycles. The van der Waals surface area contributed by atoms with Crippen LogP contribution in [-0.2, 0) is 10.2 Å². The highest BCUT2D eigenvalue weighted by atomic mass is 16.1. The highest BCUT2D eigenvalue weighted by Gasteiger charge is 2.37. The monoisotopic (exact) mass is 393 g/mol. The van der Waals surface area contributed by atoms with Crippen molar-refractivity contribution >= 4 is 28.1 Å². The molecule has 0 saturated carbocycles. The van der Waals surface area contributed by atoms with E-state index in [1.807, 2.05) is 73.8 Å². The summed E-state index contributed by atoms with van der Waals surface area (Å²) < 4.78 is 0. The van der Waals surface area contributed by atoms with Crippen molar-refractivity contribution in [1.29, 1.82) is 5.26 Å². The van der Waals surface area contributed by atoms with Crippen LogP contribution in [0.2, 0.25) is 0 Å². The molecule has 1 amide bonds. The Morgan fingerprint density at radius 2 is 1.73 bits per heavy atom. The quantitative estimate of drug-likeness (QED) is 0.469. The van der Waals surface area contributed by atoms with E-state index in [9.17, 15) is 10.1 Å². The van der Waals surface area contributed by atoms with Crippen LogP contribution in [0.5, 0.6) is 0 Å². The lowest BCUT2D eigenvalue weighted by molar-refractivity contribution is -0.112. The molecular weight excluding hydrogens is 370 g/mol. The molecule has 3 aromatic rings. The predicted molar refractivity (Wildman–Crippen MR) is 122 cm³/mol. The van der Waals surface area contributed by atoms with E-state index in [1.165, 1.54) is 5.56 Å². The van der Waals surface area contributed by atoms with Gasteiger partial charge in [0.05, 0.1) is 0 Å². The highest BCUT2D eigenvalue weighted by Crippen LogP contribution is 2.46. The molecule has 0 saturated heterocycles. The average Bonchev–Trinajstić information content (AvgIpc) is 2.95. The summed E-state index contributed by atoms with van der Waals surface area (Å²) in [6.07, 6.45) is 3.49. The van der Waals surface area contributed by atoms with Gasteiger partial charge >= 0.3 is 0 Å². The summed E-state index contributed by atoms with van der Waals surface area (Å²) in [7, 11) is 2.01. The van der Waals surface area contributed by atoms with Gasteiger partial charge in [-0.05, 0) is 35.2 Å². The number of rotatable bonds is 3. The maximum atomic E-state index is 12.8. The lowest BCUT2D eigenvalue weighted by atomic mass is 9.83. The molecular formula is C26H23N3O. The zero-order chi connectivity index (χ0) is 21.3. The Morgan fingerprint density at radius 1 is 1.03 bits per heavy atom. The molecule has 4 nitrogen and oxygen atoms in total. The van der Waals surface area contributed by atoms with E-state index in [0.29, 0.717) is 5.69 Å². The van der Waals surface area contributed by atoms with Crippen molar-refractivity contribution in [2.24, 2.45) is 0 Å². The molecule has 0 atom stereocenters. The molecule has 0 unspecified atom stereocenters. The summed E-state index contributed by atoms with van der Waals surface area (Å²) in [6.45, 7) is 4.30. The van der Waals surface area contributed by atoms with E-state index in [1.54, 1.807) is 6.08 Å². The number of amides is 1. The molecule has 0 bridgehead atoms. The summed E-state index contributed by atoms with van der Waals surface area (Å²) in [5, 5.41) is 14.5. The number of fused-ring (bicyclic) bond motifs is 2. The van der Waals surface area contributed by atoms with E-state index in [4.69, 9.17) is 0 Å². The first-order valence-corrected chi connectivity index (χ1v) is 9.88. The van der Waals surface area contributed by atoms with Crippen molar-refractivity contribution in [2.45, 2.75) is 19.3 Å². The molecule has 1 aliphatic rings. The number of nitrogens with zero attached hydrogens (tertiary/aromatic N) is 2. The minimum Gasteiger partial charge on any atom is -0.347 e. The molecule has 0 spiro atoms. The van der Waals surface area contributed by atoms with Crippen molar-refractivity contribution in [3.63, 3.8) is 0 Å². The Balaban J connectivity index is 1.64. The Bertz CT molecular complexity index is 1240. The van der Waals surface area contributed by atoms with Gasteiger partial charge < -0.3 is 10.2 Å². The van der Waals surface area contributed by atoms with Gasteiger partial charge in [0, 0.05) is 34.9 Å². The zero-order valence-corrected chi connectivity index (χ0v) is 17.3. The number of nitrogens with one attached hydrogen (secondary N) is 1. The van der Waals surface area contributed by atoms with Gasteiger partial charge in [-0.3, -0.25) is 4.79 Å². The number of carbonyl (C=O) groups is 1. The number of nitriles is 1. The van der Waals surface area contributed by atoms with Gasteiger partial charge in [0.25, 0.3) is 5.91 Å². The van der Waals surface area contributed by atoms with E-state index in [0.717, 1.165) is 22.2 Å². The number of likely N-dealkylation sites (N-methyl/N-ethyl adjacent to an activating group) is 1. The fraction of sp³-hybridized carbons (Fsp3) is 0.154. The SMILES string of the molecule is CN1/C(=C/C=C(\C#N)C(=O)Nc2cccc3ccccc23)C(C)(C)c2ccccc21. The van der Waals surface area contributed by atoms with Crippen LogP contribution in [0, 0.1) is 11.3 Å². The van der Waals surface area contributed by atoms with Crippen molar-refractivity contribution in [3.05, 3.63) is 95.7 Å². The number of carbonyl (C=O) groups excluding carboxylic acids is 1. The van der Waals surface area contributed by atoms with Gasteiger partial charge in [-0.1, -0.05) is 68.4 Å². The first kappa shape index (κ1) is 19.5. The van der Waals surface area contributed by atoms with E-state index in [-0.39, 0.29) is 11.0 Å². The van der Waals surface area contributed by atoms with Crippen LogP contribution < -0.4 is 10.2 Å². The molecule has 3 aromatic carbocycles. The molecule has 0 radical (unpaired) electrons. The molecule has 0 aromatic heterocycles. The molecule has 148 valence electrons. The third kappa shape index (κ3) is 3.25. The van der Waals surface area contributed by atoms with Crippen LogP contribution in [0.15, 0.2) is 90.2 Å². The van der Waals surface area contributed by atoms with Gasteiger partial charge in [0.2, 0.25) is 0 Å². The Hall–Kier alpha value is -3.84. The standard InChI is InChI=1S/C26H23N3O/c1-26(2)21-12-6-7-14-23(21)29(3)24(26)16-15-19(17-27)25(30)28-22-13-8-10-18-9-4-5-11-20(18)22/h4-16H,1-3H3,(H,28,30)/b19-15+,24-16+. The van der Waals surface area contributed by atoms with Gasteiger partial charge in [-0.15, -0.1) is 0 Å². The topological polar surface area (TPSA) is 56.1 Å². The Labute approximate surface area is 176 Å². The molecule has 1 aliphatic heterocycles. The molecule has 0 fully saturated rings. The smallest absolute Gasteiger partial charge is 0.266 e. The highest BCUT2D eigenvalue weighted by molar-refractivity contribution is 6.10. The molecule has 4 rings (SSSR count). The van der Waals surface area contributed by atoms with Crippen LogP contribution in [0.25, 0.3) is 10.8 Å². The van der Waals surface area contributed by atoms with E-state index >= 15 is 0 Å². The fourth-order valence-corrected chi connectivity index (χ4v) is 4.15. The van der Waals surface area contributed by atoms with Crippen LogP contribution in [0.4, 0.5) is 11.4 Å². The lowest BCUT2D eigenvalue weighted by Crippen LogP contribution is -2.22. The number of allylic oxidation sites excluding steroid dienone is 3. The number of benzene rings is 3. The Morgan fingerprint density at radius 3 is 2.50 bits per heavy atom. The first-order chi connectivity index (χ1) is 14.4. The van der Waals surface area contributed by atoms with Crippen LogP contribution >= 0.6 is 0 Å². The maximum Gasteiger partial charge on any atom is 0.266 e. The van der Waals surface area contributed by atoms with Crippen molar-refractivity contribution in [3.8, 4) is 6.07 Å². The summed E-state index contributed by atoms with van der Waals surface area (Å²) in [4.78, 5) is 14.9. The number of hydrogen-bond acceptors (Lipinski definition) is 3. The lowest BCUT2D eigenvalue weighted by Gasteiger charge is -2.23. The second kappa shape index (κ2) is 7.53. The van der Waals surface area contributed by atoms with Gasteiger partial charge in [-0.25, -0.2) is 0 Å². The van der Waals surface area contributed by atoms with Gasteiger partial charge in [0.1, 0.15) is 11.6 Å². The minimum atomic E-state index is -0.415. The van der Waals surface area contributed by atoms with Gasteiger partial charge in [-0.2, -0.15) is 5.26 Å². The van der Waals surface area contributed by atoms with Crippen molar-refractivity contribution < 1.29 is 4.79 Å². The second-order valence-corrected chi connectivity index (χ2v) is 7.93. The number of hydrogen-bond donors (Lipinski definition) is 1. The zero-order valence-electron chi connectivity index (χ0n) is 17.3.